The standard InChI is InChI=1S/C17H14N2O/c20-17-8-4-3-7-16(17)19-10-9-13-12-5-1-2-6-14(12)18-15(13)11-19/h1-10,18,20H,11H2/p+1. The van der Waals surface area contributed by atoms with E-state index in [9.17, 15) is 5.11 Å². The number of phenols is 1. The summed E-state index contributed by atoms with van der Waals surface area (Å²) >= 11 is 0. The number of para-hydroxylation sites is 3. The fourth-order valence-corrected chi connectivity index (χ4v) is 2.91. The van der Waals surface area contributed by atoms with Crippen molar-refractivity contribution in [3.63, 3.8) is 0 Å². The molecular formula is C17H15N2O+. The van der Waals surface area contributed by atoms with Gasteiger partial charge >= 0.3 is 0 Å². The number of aromatic amines is 1. The second-order valence-electron chi connectivity index (χ2n) is 5.12. The summed E-state index contributed by atoms with van der Waals surface area (Å²) in [6, 6.07) is 15.8. The molecule has 1 aromatic heterocycles. The van der Waals surface area contributed by atoms with E-state index in [1.54, 1.807) is 6.07 Å². The van der Waals surface area contributed by atoms with Crippen molar-refractivity contribution < 1.29 is 10.0 Å². The molecule has 0 fully saturated rings. The maximum atomic E-state index is 9.99. The Labute approximate surface area is 116 Å². The van der Waals surface area contributed by atoms with Crippen molar-refractivity contribution in [2.24, 2.45) is 0 Å². The number of fused-ring (bicyclic) bond motifs is 3. The summed E-state index contributed by atoms with van der Waals surface area (Å²) in [5.74, 6) is 0.340. The first-order valence-corrected chi connectivity index (χ1v) is 6.75. The molecule has 2 heterocycles. The van der Waals surface area contributed by atoms with E-state index in [-0.39, 0.29) is 0 Å². The lowest BCUT2D eigenvalue weighted by Gasteiger charge is -2.18. The first kappa shape index (κ1) is 11.3. The molecule has 0 saturated carbocycles. The third-order valence-corrected chi connectivity index (χ3v) is 3.90. The van der Waals surface area contributed by atoms with Gasteiger partial charge in [-0.05, 0) is 12.1 Å². The van der Waals surface area contributed by atoms with Crippen LogP contribution in [0.5, 0.6) is 5.75 Å². The van der Waals surface area contributed by atoms with E-state index in [4.69, 9.17) is 0 Å². The molecule has 1 aliphatic rings. The summed E-state index contributed by atoms with van der Waals surface area (Å²) in [7, 11) is 0. The van der Waals surface area contributed by atoms with Gasteiger partial charge in [0.25, 0.3) is 0 Å². The zero-order valence-corrected chi connectivity index (χ0v) is 10.9. The summed E-state index contributed by atoms with van der Waals surface area (Å²) in [6.45, 7) is 0.818. The molecular weight excluding hydrogens is 248 g/mol. The van der Waals surface area contributed by atoms with Crippen molar-refractivity contribution in [3.8, 4) is 5.75 Å². The second kappa shape index (κ2) is 4.25. The van der Waals surface area contributed by atoms with Crippen molar-refractivity contribution in [1.82, 2.24) is 4.98 Å². The van der Waals surface area contributed by atoms with E-state index in [1.807, 2.05) is 24.3 Å². The summed E-state index contributed by atoms with van der Waals surface area (Å²) in [6.07, 6.45) is 4.25. The maximum absolute atomic E-state index is 9.99. The molecule has 0 amide bonds. The zero-order valence-electron chi connectivity index (χ0n) is 10.9. The van der Waals surface area contributed by atoms with Gasteiger partial charge in [-0.1, -0.05) is 30.3 Å². The van der Waals surface area contributed by atoms with E-state index >= 15 is 0 Å². The Morgan fingerprint density at radius 2 is 1.80 bits per heavy atom. The van der Waals surface area contributed by atoms with Gasteiger partial charge in [0.2, 0.25) is 0 Å². The Hall–Kier alpha value is -2.52. The molecule has 0 aliphatic carbocycles. The SMILES string of the molecule is Oc1ccccc1[NH+]1C=Cc2c([nH]c3ccccc23)C1. The quantitative estimate of drug-likeness (QED) is 0.580. The van der Waals surface area contributed by atoms with E-state index < -0.39 is 0 Å². The third-order valence-electron chi connectivity index (χ3n) is 3.90. The van der Waals surface area contributed by atoms with Gasteiger partial charge in [-0.15, -0.1) is 0 Å². The minimum atomic E-state index is 0.340. The molecule has 0 spiro atoms. The number of phenolic OH excluding ortho intramolecular Hbond substituents is 1. The first-order chi connectivity index (χ1) is 9.83. The van der Waals surface area contributed by atoms with Gasteiger partial charge in [0.1, 0.15) is 12.7 Å². The highest BCUT2D eigenvalue weighted by molar-refractivity contribution is 5.90. The number of quaternary nitrogens is 1. The monoisotopic (exact) mass is 263 g/mol. The van der Waals surface area contributed by atoms with Crippen molar-refractivity contribution in [2.45, 2.75) is 6.54 Å². The van der Waals surface area contributed by atoms with Crippen LogP contribution in [0.1, 0.15) is 11.3 Å². The Bertz CT molecular complexity index is 817. The predicted octanol–water partition coefficient (Wildman–Crippen LogP) is 2.57. The lowest BCUT2D eigenvalue weighted by molar-refractivity contribution is -0.791. The fraction of sp³-hybridized carbons (Fsp3) is 0.0588. The van der Waals surface area contributed by atoms with Crippen LogP contribution < -0.4 is 4.90 Å². The number of nitrogens with one attached hydrogen (secondary N) is 2. The van der Waals surface area contributed by atoms with Crippen LogP contribution in [0.2, 0.25) is 0 Å². The average Bonchev–Trinajstić information content (AvgIpc) is 2.85. The molecule has 3 aromatic rings. The summed E-state index contributed by atoms with van der Waals surface area (Å²) in [5.41, 5.74) is 4.56. The van der Waals surface area contributed by atoms with Gasteiger partial charge in [0.05, 0.1) is 5.69 Å². The van der Waals surface area contributed by atoms with Crippen LogP contribution in [0.4, 0.5) is 5.69 Å². The lowest BCUT2D eigenvalue weighted by atomic mass is 10.1. The van der Waals surface area contributed by atoms with Crippen LogP contribution in [-0.4, -0.2) is 10.1 Å². The Kier molecular flexibility index (Phi) is 2.41. The van der Waals surface area contributed by atoms with E-state index in [2.05, 4.69) is 35.5 Å². The van der Waals surface area contributed by atoms with Gasteiger partial charge < -0.3 is 10.1 Å². The normalized spacial score (nSPS) is 17.3. The van der Waals surface area contributed by atoms with Crippen LogP contribution in [0, 0.1) is 0 Å². The highest BCUT2D eigenvalue weighted by Crippen LogP contribution is 2.26. The molecule has 0 radical (unpaired) electrons. The third kappa shape index (κ3) is 1.64. The molecule has 0 saturated heterocycles. The average molecular weight is 263 g/mol. The molecule has 1 atom stereocenters. The Morgan fingerprint density at radius 3 is 2.70 bits per heavy atom. The van der Waals surface area contributed by atoms with Gasteiger partial charge in [-0.3, -0.25) is 4.90 Å². The van der Waals surface area contributed by atoms with Crippen molar-refractivity contribution in [1.29, 1.82) is 0 Å². The maximum Gasteiger partial charge on any atom is 0.178 e. The van der Waals surface area contributed by atoms with Crippen LogP contribution in [-0.2, 0) is 6.54 Å². The first-order valence-electron chi connectivity index (χ1n) is 6.75. The van der Waals surface area contributed by atoms with Crippen LogP contribution in [0.3, 0.4) is 0 Å². The predicted molar refractivity (Wildman–Crippen MR) is 79.8 cm³/mol. The second-order valence-corrected chi connectivity index (χ2v) is 5.12. The van der Waals surface area contributed by atoms with Gasteiger partial charge in [-0.2, -0.15) is 0 Å². The van der Waals surface area contributed by atoms with Crippen LogP contribution in [0.25, 0.3) is 17.0 Å². The molecule has 2 aromatic carbocycles. The largest absolute Gasteiger partial charge is 0.503 e. The number of hydrogen-bond donors (Lipinski definition) is 3. The minimum Gasteiger partial charge on any atom is -0.503 e. The van der Waals surface area contributed by atoms with Crippen LogP contribution >= 0.6 is 0 Å². The highest BCUT2D eigenvalue weighted by Gasteiger charge is 2.22. The number of aromatic hydroxyl groups is 1. The van der Waals surface area contributed by atoms with Crippen LogP contribution in [0.15, 0.2) is 54.7 Å². The molecule has 20 heavy (non-hydrogen) atoms. The van der Waals surface area contributed by atoms with Gasteiger partial charge in [0, 0.05) is 28.6 Å². The molecule has 3 heteroatoms. The number of rotatable bonds is 1. The number of aromatic nitrogens is 1. The van der Waals surface area contributed by atoms with E-state index in [0.717, 1.165) is 17.1 Å². The zero-order chi connectivity index (χ0) is 13.5. The smallest absolute Gasteiger partial charge is 0.178 e. The number of benzene rings is 2. The minimum absolute atomic E-state index is 0.340. The van der Waals surface area contributed by atoms with Crippen molar-refractivity contribution in [3.05, 3.63) is 66.0 Å². The highest BCUT2D eigenvalue weighted by atomic mass is 16.3. The van der Waals surface area contributed by atoms with E-state index in [1.165, 1.54) is 22.2 Å². The molecule has 1 aliphatic heterocycles. The molecule has 0 bridgehead atoms. The lowest BCUT2D eigenvalue weighted by Crippen LogP contribution is -3.01. The number of H-pyrrole nitrogens is 1. The molecule has 3 N–H and O–H groups in total. The van der Waals surface area contributed by atoms with Crippen molar-refractivity contribution >= 4 is 22.7 Å². The summed E-state index contributed by atoms with van der Waals surface area (Å²) in [4.78, 5) is 4.62. The fourth-order valence-electron chi connectivity index (χ4n) is 2.91. The van der Waals surface area contributed by atoms with Gasteiger partial charge in [0.15, 0.2) is 11.4 Å². The number of hydrogen-bond acceptors (Lipinski definition) is 1. The molecule has 98 valence electrons. The topological polar surface area (TPSA) is 40.5 Å². The molecule has 4 rings (SSSR count). The Morgan fingerprint density at radius 1 is 1.00 bits per heavy atom. The van der Waals surface area contributed by atoms with E-state index in [0.29, 0.717) is 5.75 Å². The molecule has 1 unspecified atom stereocenters. The summed E-state index contributed by atoms with van der Waals surface area (Å²) < 4.78 is 0. The molecule has 3 nitrogen and oxygen atoms in total. The summed E-state index contributed by atoms with van der Waals surface area (Å²) in [5, 5.41) is 11.2. The van der Waals surface area contributed by atoms with Crippen molar-refractivity contribution in [2.75, 3.05) is 0 Å². The Balaban J connectivity index is 1.80. The van der Waals surface area contributed by atoms with Gasteiger partial charge in [-0.25, -0.2) is 0 Å².